The highest BCUT2D eigenvalue weighted by atomic mass is 32.1. The average Bonchev–Trinajstić information content (AvgIpc) is 3.04. The van der Waals surface area contributed by atoms with Gasteiger partial charge in [0.2, 0.25) is 0 Å². The first-order chi connectivity index (χ1) is 11.1. The van der Waals surface area contributed by atoms with Crippen LogP contribution in [0.1, 0.15) is 18.2 Å². The fourth-order valence-electron chi connectivity index (χ4n) is 3.04. The van der Waals surface area contributed by atoms with Crippen molar-refractivity contribution in [2.24, 2.45) is 7.05 Å². The van der Waals surface area contributed by atoms with Gasteiger partial charge >= 0.3 is 4.87 Å². The third-order valence-corrected chi connectivity index (χ3v) is 5.29. The molecule has 0 amide bonds. The van der Waals surface area contributed by atoms with Crippen LogP contribution in [-0.2, 0) is 13.5 Å². The molecule has 3 aromatic heterocycles. The Bertz CT molecular complexity index is 1100. The van der Waals surface area contributed by atoms with Crippen molar-refractivity contribution >= 4 is 27.2 Å². The monoisotopic (exact) mass is 323 g/mol. The lowest BCUT2D eigenvalue weighted by molar-refractivity contribution is 0.938. The normalized spacial score (nSPS) is 11.6. The highest BCUT2D eigenvalue weighted by molar-refractivity contribution is 7.16. The lowest BCUT2D eigenvalue weighted by Crippen LogP contribution is -2.06. The van der Waals surface area contributed by atoms with Gasteiger partial charge in [0.25, 0.3) is 0 Å². The lowest BCUT2D eigenvalue weighted by atomic mass is 10.1. The lowest BCUT2D eigenvalue weighted by Gasteiger charge is -2.03. The van der Waals surface area contributed by atoms with Gasteiger partial charge in [0.05, 0.1) is 21.6 Å². The molecule has 3 heterocycles. The number of thiazole rings is 1. The predicted molar refractivity (Wildman–Crippen MR) is 95.4 cm³/mol. The molecule has 0 bridgehead atoms. The van der Waals surface area contributed by atoms with E-state index < -0.39 is 0 Å². The molecular weight excluding hydrogens is 306 g/mol. The SMILES string of the molecule is CCc1c(-c2ccc3sc(=O)n(C)c3c2)nc2cc(C)ccn12. The Labute approximate surface area is 137 Å². The van der Waals surface area contributed by atoms with Crippen LogP contribution in [0.4, 0.5) is 0 Å². The molecule has 4 aromatic rings. The summed E-state index contributed by atoms with van der Waals surface area (Å²) in [6.45, 7) is 4.22. The van der Waals surface area contributed by atoms with Gasteiger partial charge in [0.1, 0.15) is 5.65 Å². The van der Waals surface area contributed by atoms with Gasteiger partial charge in [-0.25, -0.2) is 4.98 Å². The van der Waals surface area contributed by atoms with Gasteiger partial charge < -0.3 is 8.97 Å². The molecule has 116 valence electrons. The van der Waals surface area contributed by atoms with Gasteiger partial charge in [-0.2, -0.15) is 0 Å². The van der Waals surface area contributed by atoms with E-state index in [-0.39, 0.29) is 4.87 Å². The topological polar surface area (TPSA) is 39.3 Å². The van der Waals surface area contributed by atoms with Crippen molar-refractivity contribution in [1.82, 2.24) is 14.0 Å². The van der Waals surface area contributed by atoms with Crippen LogP contribution in [-0.4, -0.2) is 14.0 Å². The van der Waals surface area contributed by atoms with Crippen LogP contribution in [0, 0.1) is 6.92 Å². The smallest absolute Gasteiger partial charge is 0.303 e. The highest BCUT2D eigenvalue weighted by Crippen LogP contribution is 2.29. The van der Waals surface area contributed by atoms with E-state index >= 15 is 0 Å². The molecule has 0 atom stereocenters. The van der Waals surface area contributed by atoms with Gasteiger partial charge in [-0.15, -0.1) is 0 Å². The molecule has 0 aliphatic carbocycles. The Kier molecular flexibility index (Phi) is 3.13. The fraction of sp³-hybridized carbons (Fsp3) is 0.222. The molecule has 0 saturated carbocycles. The Balaban J connectivity index is 2.01. The molecule has 0 spiro atoms. The first-order valence-corrected chi connectivity index (χ1v) is 8.47. The third-order valence-electron chi connectivity index (χ3n) is 4.28. The second-order valence-electron chi connectivity index (χ2n) is 5.80. The maximum Gasteiger partial charge on any atom is 0.307 e. The molecular formula is C18H17N3OS. The summed E-state index contributed by atoms with van der Waals surface area (Å²) in [5.41, 5.74) is 6.39. The number of aryl methyl sites for hydroxylation is 3. The van der Waals surface area contributed by atoms with E-state index in [2.05, 4.69) is 48.7 Å². The van der Waals surface area contributed by atoms with Gasteiger partial charge in [-0.3, -0.25) is 4.79 Å². The quantitative estimate of drug-likeness (QED) is 0.563. The summed E-state index contributed by atoms with van der Waals surface area (Å²) in [4.78, 5) is 16.8. The predicted octanol–water partition coefficient (Wildman–Crippen LogP) is 3.79. The van der Waals surface area contributed by atoms with E-state index in [1.54, 1.807) is 4.57 Å². The number of hydrogen-bond acceptors (Lipinski definition) is 3. The maximum atomic E-state index is 11.8. The zero-order valence-electron chi connectivity index (χ0n) is 13.3. The largest absolute Gasteiger partial charge is 0.307 e. The zero-order chi connectivity index (χ0) is 16.1. The van der Waals surface area contributed by atoms with Crippen LogP contribution in [0.2, 0.25) is 0 Å². The summed E-state index contributed by atoms with van der Waals surface area (Å²) in [5.74, 6) is 0. The molecule has 4 nitrogen and oxygen atoms in total. The van der Waals surface area contributed by atoms with Crippen molar-refractivity contribution < 1.29 is 0 Å². The second kappa shape index (κ2) is 5.06. The van der Waals surface area contributed by atoms with Crippen LogP contribution < -0.4 is 4.87 Å². The van der Waals surface area contributed by atoms with E-state index in [4.69, 9.17) is 4.98 Å². The highest BCUT2D eigenvalue weighted by Gasteiger charge is 2.14. The van der Waals surface area contributed by atoms with Gasteiger partial charge in [-0.05, 0) is 43.2 Å². The standard InChI is InChI=1S/C18H17N3OS/c1-4-13-17(19-16-9-11(2)7-8-21(13)16)12-5-6-15-14(10-12)20(3)18(22)23-15/h5-10H,4H2,1-3H3. The molecule has 0 unspecified atom stereocenters. The Morgan fingerprint density at radius 2 is 2.04 bits per heavy atom. The average molecular weight is 323 g/mol. The van der Waals surface area contributed by atoms with Crippen LogP contribution in [0.5, 0.6) is 0 Å². The number of hydrogen-bond donors (Lipinski definition) is 0. The number of benzene rings is 1. The Morgan fingerprint density at radius 3 is 2.83 bits per heavy atom. The molecule has 5 heteroatoms. The van der Waals surface area contributed by atoms with Gasteiger partial charge in [0, 0.05) is 18.8 Å². The molecule has 0 N–H and O–H groups in total. The van der Waals surface area contributed by atoms with Gasteiger partial charge in [-0.1, -0.05) is 24.3 Å². The van der Waals surface area contributed by atoms with E-state index in [1.165, 1.54) is 22.6 Å². The Morgan fingerprint density at radius 1 is 1.22 bits per heavy atom. The minimum Gasteiger partial charge on any atom is -0.303 e. The van der Waals surface area contributed by atoms with Crippen molar-refractivity contribution in [3.05, 3.63) is 57.5 Å². The van der Waals surface area contributed by atoms with E-state index in [0.29, 0.717) is 0 Å². The number of nitrogens with zero attached hydrogens (tertiary/aromatic N) is 3. The molecule has 0 saturated heterocycles. The second-order valence-corrected chi connectivity index (χ2v) is 6.80. The van der Waals surface area contributed by atoms with Gasteiger partial charge in [0.15, 0.2) is 0 Å². The number of aromatic nitrogens is 3. The molecule has 0 fully saturated rings. The fourth-order valence-corrected chi connectivity index (χ4v) is 3.90. The summed E-state index contributed by atoms with van der Waals surface area (Å²) in [5, 5.41) is 0. The number of pyridine rings is 1. The van der Waals surface area contributed by atoms with Crippen LogP contribution >= 0.6 is 11.3 Å². The number of rotatable bonds is 2. The summed E-state index contributed by atoms with van der Waals surface area (Å²) >= 11 is 1.28. The molecule has 0 aliphatic heterocycles. The van der Waals surface area contributed by atoms with Crippen molar-refractivity contribution in [3.8, 4) is 11.3 Å². The van der Waals surface area contributed by atoms with Crippen LogP contribution in [0.3, 0.4) is 0 Å². The zero-order valence-corrected chi connectivity index (χ0v) is 14.1. The van der Waals surface area contributed by atoms with Crippen molar-refractivity contribution in [1.29, 1.82) is 0 Å². The molecule has 0 aliphatic rings. The first kappa shape index (κ1) is 14.2. The van der Waals surface area contributed by atoms with E-state index in [9.17, 15) is 4.79 Å². The molecule has 23 heavy (non-hydrogen) atoms. The maximum absolute atomic E-state index is 11.8. The molecule has 0 radical (unpaired) electrons. The van der Waals surface area contributed by atoms with E-state index in [0.717, 1.165) is 33.5 Å². The Hall–Kier alpha value is -2.40. The van der Waals surface area contributed by atoms with Crippen LogP contribution in [0.15, 0.2) is 41.3 Å². The van der Waals surface area contributed by atoms with Crippen molar-refractivity contribution in [2.45, 2.75) is 20.3 Å². The molecule has 4 rings (SSSR count). The summed E-state index contributed by atoms with van der Waals surface area (Å²) < 4.78 is 4.87. The number of imidazole rings is 1. The molecule has 1 aromatic carbocycles. The van der Waals surface area contributed by atoms with Crippen LogP contribution in [0.25, 0.3) is 27.1 Å². The minimum atomic E-state index is 0.0680. The first-order valence-electron chi connectivity index (χ1n) is 7.66. The van der Waals surface area contributed by atoms with E-state index in [1.807, 2.05) is 13.1 Å². The number of fused-ring (bicyclic) bond motifs is 2. The third kappa shape index (κ3) is 2.11. The summed E-state index contributed by atoms with van der Waals surface area (Å²) in [6.07, 6.45) is 2.99. The van der Waals surface area contributed by atoms with Crippen molar-refractivity contribution in [3.63, 3.8) is 0 Å². The summed E-state index contributed by atoms with van der Waals surface area (Å²) in [6, 6.07) is 10.4. The summed E-state index contributed by atoms with van der Waals surface area (Å²) in [7, 11) is 1.82. The van der Waals surface area contributed by atoms with Crippen molar-refractivity contribution in [2.75, 3.05) is 0 Å². The minimum absolute atomic E-state index is 0.0680.